The summed E-state index contributed by atoms with van der Waals surface area (Å²) < 4.78 is 4.61. The van der Waals surface area contributed by atoms with Crippen molar-refractivity contribution in [3.63, 3.8) is 0 Å². The van der Waals surface area contributed by atoms with Crippen molar-refractivity contribution in [3.05, 3.63) is 106 Å². The van der Waals surface area contributed by atoms with Crippen molar-refractivity contribution >= 4 is 28.4 Å². The molecule has 2 saturated heterocycles. The molecule has 1 aromatic carbocycles. The number of nitrogens with zero attached hydrogens (tertiary/aromatic N) is 8. The molecule has 5 aromatic rings. The summed E-state index contributed by atoms with van der Waals surface area (Å²) >= 11 is 0. The van der Waals surface area contributed by atoms with Gasteiger partial charge in [-0.1, -0.05) is 32.1 Å². The third-order valence-corrected chi connectivity index (χ3v) is 8.51. The van der Waals surface area contributed by atoms with Gasteiger partial charge in [0.15, 0.2) is 11.5 Å². The third kappa shape index (κ3) is 5.78. The van der Waals surface area contributed by atoms with Crippen LogP contribution in [0.15, 0.2) is 95.3 Å². The van der Waals surface area contributed by atoms with Gasteiger partial charge in [-0.3, -0.25) is 14.2 Å². The molecule has 6 heterocycles. The standard InChI is InChI=1S/C32H33N9O2.C2H6/c1-3-16-40-30(43)25-20-33-31(34-23-10-12-24(13-11-23)38-18-14-32(15-19-38)21-37(2)22-32)36-29(25)41(40)27-8-6-7-26(35-27)39-17-5-4-9-28(39)42;1-2/h3-13,17,20H,1,14-16,18-19,21-22H2,2H3,(H,33,34,36);1-2H3. The predicted molar refractivity (Wildman–Crippen MR) is 179 cm³/mol. The lowest BCUT2D eigenvalue weighted by Gasteiger charge is -2.53. The third-order valence-electron chi connectivity index (χ3n) is 8.51. The second-order valence-corrected chi connectivity index (χ2v) is 11.5. The van der Waals surface area contributed by atoms with E-state index in [1.165, 1.54) is 53.1 Å². The molecule has 0 bridgehead atoms. The quantitative estimate of drug-likeness (QED) is 0.268. The Balaban J connectivity index is 0.00000175. The zero-order valence-electron chi connectivity index (χ0n) is 26.1. The minimum atomic E-state index is -0.258. The monoisotopic (exact) mass is 605 g/mol. The van der Waals surface area contributed by atoms with Crippen molar-refractivity contribution in [3.8, 4) is 11.6 Å². The fourth-order valence-corrected chi connectivity index (χ4v) is 6.43. The van der Waals surface area contributed by atoms with Gasteiger partial charge in [-0.05, 0) is 67.8 Å². The number of pyridine rings is 2. The van der Waals surface area contributed by atoms with Crippen LogP contribution >= 0.6 is 0 Å². The Morgan fingerprint density at radius 3 is 2.36 bits per heavy atom. The van der Waals surface area contributed by atoms with Crippen molar-refractivity contribution < 1.29 is 0 Å². The maximum absolute atomic E-state index is 13.4. The van der Waals surface area contributed by atoms with Crippen molar-refractivity contribution in [2.75, 3.05) is 43.4 Å². The summed E-state index contributed by atoms with van der Waals surface area (Å²) in [6.07, 6.45) is 7.30. The molecule has 4 aromatic heterocycles. The number of aromatic nitrogens is 6. The highest BCUT2D eigenvalue weighted by Crippen LogP contribution is 2.40. The molecule has 11 nitrogen and oxygen atoms in total. The number of hydrogen-bond donors (Lipinski definition) is 1. The molecule has 1 spiro atoms. The van der Waals surface area contributed by atoms with Gasteiger partial charge in [-0.25, -0.2) is 19.3 Å². The van der Waals surface area contributed by atoms with Gasteiger partial charge in [0, 0.05) is 56.0 Å². The van der Waals surface area contributed by atoms with Crippen LogP contribution in [0.5, 0.6) is 0 Å². The maximum atomic E-state index is 13.4. The van der Waals surface area contributed by atoms with Crippen LogP contribution in [0.2, 0.25) is 0 Å². The minimum Gasteiger partial charge on any atom is -0.371 e. The number of rotatable bonds is 7. The number of fused-ring (bicyclic) bond motifs is 1. The molecule has 0 aliphatic carbocycles. The number of nitrogens with one attached hydrogen (secondary N) is 1. The van der Waals surface area contributed by atoms with Gasteiger partial charge in [0.25, 0.3) is 11.1 Å². The molecule has 0 radical (unpaired) electrons. The van der Waals surface area contributed by atoms with Gasteiger partial charge < -0.3 is 15.1 Å². The van der Waals surface area contributed by atoms with Crippen LogP contribution in [0.3, 0.4) is 0 Å². The number of anilines is 3. The number of benzene rings is 1. The Kier molecular flexibility index (Phi) is 8.36. The average Bonchev–Trinajstić information content (AvgIpc) is 3.33. The van der Waals surface area contributed by atoms with E-state index < -0.39 is 0 Å². The Morgan fingerprint density at radius 2 is 1.67 bits per heavy atom. The van der Waals surface area contributed by atoms with E-state index in [1.807, 2.05) is 26.0 Å². The van der Waals surface area contributed by atoms with Crippen molar-refractivity contribution in [1.29, 1.82) is 0 Å². The molecule has 1 N–H and O–H groups in total. The number of allylic oxidation sites excluding steroid dienone is 1. The molecule has 2 fully saturated rings. The van der Waals surface area contributed by atoms with Crippen LogP contribution in [0.4, 0.5) is 17.3 Å². The molecule has 11 heteroatoms. The summed E-state index contributed by atoms with van der Waals surface area (Å²) in [7, 11) is 2.20. The summed E-state index contributed by atoms with van der Waals surface area (Å²) in [6.45, 7) is 12.6. The van der Waals surface area contributed by atoms with Gasteiger partial charge >= 0.3 is 0 Å². The molecule has 7 rings (SSSR count). The first-order chi connectivity index (χ1) is 21.9. The van der Waals surface area contributed by atoms with Gasteiger partial charge in [-0.2, -0.15) is 4.98 Å². The van der Waals surface area contributed by atoms with Crippen molar-refractivity contribution in [2.24, 2.45) is 5.41 Å². The Labute approximate surface area is 262 Å². The summed E-state index contributed by atoms with van der Waals surface area (Å²) in [6, 6.07) is 18.5. The van der Waals surface area contributed by atoms with Gasteiger partial charge in [0.05, 0.1) is 6.54 Å². The maximum Gasteiger partial charge on any atom is 0.278 e. The molecular weight excluding hydrogens is 566 g/mol. The number of piperidine rings is 1. The smallest absolute Gasteiger partial charge is 0.278 e. The molecule has 0 unspecified atom stereocenters. The second kappa shape index (κ2) is 12.5. The van der Waals surface area contributed by atoms with E-state index in [-0.39, 0.29) is 17.7 Å². The van der Waals surface area contributed by atoms with Crippen molar-refractivity contribution in [2.45, 2.75) is 33.2 Å². The average molecular weight is 606 g/mol. The molecule has 232 valence electrons. The first kappa shape index (κ1) is 30.0. The lowest BCUT2D eigenvalue weighted by atomic mass is 9.72. The highest BCUT2D eigenvalue weighted by Gasteiger charge is 2.43. The van der Waals surface area contributed by atoms with Gasteiger partial charge in [0.2, 0.25) is 5.95 Å². The molecule has 0 atom stereocenters. The Hall–Kier alpha value is -5.03. The summed E-state index contributed by atoms with van der Waals surface area (Å²) in [5, 5.41) is 3.64. The topological polar surface area (TPSA) is 106 Å². The number of hydrogen-bond acceptors (Lipinski definition) is 8. The highest BCUT2D eigenvalue weighted by atomic mass is 16.1. The summed E-state index contributed by atoms with van der Waals surface area (Å²) in [5.74, 6) is 1.22. The normalized spacial score (nSPS) is 15.8. The molecule has 0 saturated carbocycles. The lowest BCUT2D eigenvalue weighted by Crippen LogP contribution is -2.58. The van der Waals surface area contributed by atoms with Gasteiger partial charge in [-0.15, -0.1) is 6.58 Å². The first-order valence-corrected chi connectivity index (χ1v) is 15.5. The molecule has 2 aliphatic rings. The van der Waals surface area contributed by atoms with Gasteiger partial charge in [0.1, 0.15) is 11.2 Å². The van der Waals surface area contributed by atoms with Crippen LogP contribution in [0.25, 0.3) is 22.7 Å². The molecular formula is C34H39N9O2. The molecule has 2 aliphatic heterocycles. The predicted octanol–water partition coefficient (Wildman–Crippen LogP) is 4.62. The van der Waals surface area contributed by atoms with Crippen LogP contribution in [0.1, 0.15) is 26.7 Å². The minimum absolute atomic E-state index is 0.205. The SMILES string of the molecule is C=CCn1c(=O)c2cnc(Nc3ccc(N4CCC5(CC4)CN(C)C5)cc3)nc2n1-c1cccc(-n2ccccc2=O)n1.CC. The Morgan fingerprint density at radius 1 is 0.933 bits per heavy atom. The van der Waals surface area contributed by atoms with Crippen LogP contribution in [-0.4, -0.2) is 67.0 Å². The highest BCUT2D eigenvalue weighted by molar-refractivity contribution is 5.77. The van der Waals surface area contributed by atoms with E-state index >= 15 is 0 Å². The first-order valence-electron chi connectivity index (χ1n) is 15.5. The van der Waals surface area contributed by atoms with E-state index in [0.717, 1.165) is 18.8 Å². The Bertz CT molecular complexity index is 1920. The largest absolute Gasteiger partial charge is 0.371 e. The summed E-state index contributed by atoms with van der Waals surface area (Å²) in [4.78, 5) is 44.6. The molecule has 45 heavy (non-hydrogen) atoms. The van der Waals surface area contributed by atoms with E-state index in [2.05, 4.69) is 45.9 Å². The fourth-order valence-electron chi connectivity index (χ4n) is 6.43. The van der Waals surface area contributed by atoms with Crippen molar-refractivity contribution in [1.82, 2.24) is 33.8 Å². The van der Waals surface area contributed by atoms with E-state index in [0.29, 0.717) is 34.0 Å². The zero-order valence-corrected chi connectivity index (χ0v) is 26.1. The molecule has 0 amide bonds. The van der Waals surface area contributed by atoms with E-state index in [1.54, 1.807) is 47.3 Å². The van der Waals surface area contributed by atoms with E-state index in [4.69, 9.17) is 9.97 Å². The lowest BCUT2D eigenvalue weighted by molar-refractivity contribution is 0.00132. The van der Waals surface area contributed by atoms with Crippen LogP contribution < -0.4 is 21.3 Å². The zero-order chi connectivity index (χ0) is 31.6. The number of likely N-dealkylation sites (tertiary alicyclic amines) is 1. The second-order valence-electron chi connectivity index (χ2n) is 11.5. The summed E-state index contributed by atoms with van der Waals surface area (Å²) in [5.41, 5.74) is 2.51. The van der Waals surface area contributed by atoms with Crippen LogP contribution in [-0.2, 0) is 6.54 Å². The fraction of sp³-hybridized carbons (Fsp3) is 0.324. The van der Waals surface area contributed by atoms with E-state index in [9.17, 15) is 9.59 Å². The van der Waals surface area contributed by atoms with Crippen LogP contribution in [0, 0.1) is 5.41 Å².